The number of aliphatic hydroxyl groups excluding tert-OH is 1. The molecule has 0 radical (unpaired) electrons. The molecule has 1 aromatic heterocycles. The highest BCUT2D eigenvalue weighted by atomic mass is 16.3. The summed E-state index contributed by atoms with van der Waals surface area (Å²) < 4.78 is 0. The first-order valence-electron chi connectivity index (χ1n) is 22.7. The molecule has 2 aromatic carbocycles. The summed E-state index contributed by atoms with van der Waals surface area (Å²) in [6.07, 6.45) is 2.28. The summed E-state index contributed by atoms with van der Waals surface area (Å²) in [4.78, 5) is 119. The second kappa shape index (κ2) is 21.6. The Morgan fingerprint density at radius 1 is 0.631 bits per heavy atom. The van der Waals surface area contributed by atoms with Crippen LogP contribution in [-0.4, -0.2) is 135 Å². The van der Waals surface area contributed by atoms with E-state index in [0.29, 0.717) is 24.8 Å². The summed E-state index contributed by atoms with van der Waals surface area (Å²) in [5, 5.41) is 28.2. The van der Waals surface area contributed by atoms with Crippen LogP contribution in [-0.2, 0) is 51.2 Å². The molecule has 3 saturated heterocycles. The predicted octanol–water partition coefficient (Wildman–Crippen LogP) is 0.572. The number of carbonyl (C=O) groups excluding carboxylic acids is 8. The van der Waals surface area contributed by atoms with Gasteiger partial charge in [0.05, 0.1) is 12.6 Å². The molecule has 0 saturated carbocycles. The zero-order valence-corrected chi connectivity index (χ0v) is 37.7. The van der Waals surface area contributed by atoms with Gasteiger partial charge in [0.25, 0.3) is 0 Å². The standard InChI is InChI=1S/C47H63N9O9/c1-6-27(4)39-45(63)51-33(23-30-24-48-32-17-11-10-16-31(30)32)41(59)49-25-37(58)50-34(22-29-14-8-7-9-15-29)46(64)55-20-12-18-35(55)42(60)52-38(26(2)3)44(62)54-40(28(5)57)47(65)56-21-13-19-36(56)43(61)53-39/h7-11,14-17,24,26-28,33-36,38-40,48,57H,6,12-13,18-23,25H2,1-5H3,(H,49,59)(H,50,58)(H,51,63)(H,52,60)(H,53,61)(H,54,62). The van der Waals surface area contributed by atoms with Crippen molar-refractivity contribution in [1.29, 1.82) is 0 Å². The summed E-state index contributed by atoms with van der Waals surface area (Å²) in [6.45, 7) is 8.14. The van der Waals surface area contributed by atoms with Gasteiger partial charge in [0.2, 0.25) is 47.3 Å². The van der Waals surface area contributed by atoms with E-state index in [-0.39, 0.29) is 38.8 Å². The zero-order valence-electron chi connectivity index (χ0n) is 37.7. The largest absolute Gasteiger partial charge is 0.391 e. The Labute approximate surface area is 378 Å². The highest BCUT2D eigenvalue weighted by Crippen LogP contribution is 2.24. The van der Waals surface area contributed by atoms with Gasteiger partial charge in [-0.1, -0.05) is 82.6 Å². The van der Waals surface area contributed by atoms with Gasteiger partial charge >= 0.3 is 0 Å². The van der Waals surface area contributed by atoms with Gasteiger partial charge in [-0.05, 0) is 61.6 Å². The molecule has 4 heterocycles. The van der Waals surface area contributed by atoms with E-state index in [2.05, 4.69) is 36.9 Å². The normalized spacial score (nSPS) is 26.8. The molecule has 3 aliphatic heterocycles. The lowest BCUT2D eigenvalue weighted by Crippen LogP contribution is -2.63. The summed E-state index contributed by atoms with van der Waals surface area (Å²) in [7, 11) is 0. The second-order valence-electron chi connectivity index (χ2n) is 17.9. The molecule has 0 aliphatic carbocycles. The van der Waals surface area contributed by atoms with Gasteiger partial charge in [-0.2, -0.15) is 0 Å². The fraction of sp³-hybridized carbons (Fsp3) is 0.532. The van der Waals surface area contributed by atoms with Gasteiger partial charge in [-0.25, -0.2) is 0 Å². The minimum Gasteiger partial charge on any atom is -0.391 e. The minimum atomic E-state index is -1.50. The van der Waals surface area contributed by atoms with E-state index < -0.39 is 114 Å². The number of hydrogen-bond donors (Lipinski definition) is 8. The van der Waals surface area contributed by atoms with Crippen molar-refractivity contribution in [3.8, 4) is 0 Å². The van der Waals surface area contributed by atoms with E-state index in [1.165, 1.54) is 16.7 Å². The van der Waals surface area contributed by atoms with Crippen molar-refractivity contribution in [1.82, 2.24) is 46.7 Å². The first-order valence-corrected chi connectivity index (χ1v) is 22.7. The van der Waals surface area contributed by atoms with Crippen molar-refractivity contribution in [2.24, 2.45) is 11.8 Å². The number of amides is 8. The zero-order chi connectivity index (χ0) is 46.9. The topological polar surface area (TPSA) is 251 Å². The minimum absolute atomic E-state index is 0.00688. The molecule has 8 N–H and O–H groups in total. The maximum atomic E-state index is 14.4. The third kappa shape index (κ3) is 11.5. The van der Waals surface area contributed by atoms with Crippen molar-refractivity contribution in [3.05, 3.63) is 71.9 Å². The van der Waals surface area contributed by atoms with Crippen LogP contribution in [0.3, 0.4) is 0 Å². The summed E-state index contributed by atoms with van der Waals surface area (Å²) in [6, 6.07) is 8.19. The van der Waals surface area contributed by atoms with Crippen molar-refractivity contribution >= 4 is 58.2 Å². The van der Waals surface area contributed by atoms with E-state index in [9.17, 15) is 43.5 Å². The number of rotatable bonds is 8. The molecule has 3 fully saturated rings. The first-order chi connectivity index (χ1) is 31.1. The number of aromatic amines is 1. The maximum absolute atomic E-state index is 14.4. The Hall–Kier alpha value is -6.30. The van der Waals surface area contributed by atoms with Gasteiger partial charge in [0.15, 0.2) is 0 Å². The average molecular weight is 898 g/mol. The van der Waals surface area contributed by atoms with E-state index >= 15 is 0 Å². The highest BCUT2D eigenvalue weighted by Gasteiger charge is 2.43. The number of aromatic nitrogens is 1. The molecular weight excluding hydrogens is 835 g/mol. The third-order valence-corrected chi connectivity index (χ3v) is 12.8. The molecule has 3 aromatic rings. The number of H-pyrrole nitrogens is 1. The molecule has 0 spiro atoms. The summed E-state index contributed by atoms with van der Waals surface area (Å²) >= 11 is 0. The Bertz CT molecular complexity index is 2230. The summed E-state index contributed by atoms with van der Waals surface area (Å²) in [5.41, 5.74) is 2.25. The average Bonchev–Trinajstić information content (AvgIpc) is 4.08. The molecule has 0 bridgehead atoms. The highest BCUT2D eigenvalue weighted by molar-refractivity contribution is 5.99. The van der Waals surface area contributed by atoms with E-state index in [1.807, 2.05) is 37.3 Å². The number of aliphatic hydroxyl groups is 1. The Kier molecular flexibility index (Phi) is 16.0. The van der Waals surface area contributed by atoms with Gasteiger partial charge in [0.1, 0.15) is 42.3 Å². The van der Waals surface area contributed by atoms with Crippen molar-refractivity contribution in [3.63, 3.8) is 0 Å². The molecule has 3 aliphatic rings. The third-order valence-electron chi connectivity index (χ3n) is 12.8. The van der Waals surface area contributed by atoms with Crippen LogP contribution in [0.25, 0.3) is 10.9 Å². The number of hydrogen-bond acceptors (Lipinski definition) is 9. The van der Waals surface area contributed by atoms with Crippen molar-refractivity contribution in [2.45, 2.75) is 128 Å². The smallest absolute Gasteiger partial charge is 0.248 e. The second-order valence-corrected chi connectivity index (χ2v) is 17.9. The van der Waals surface area contributed by atoms with Crippen molar-refractivity contribution < 1.29 is 43.5 Å². The lowest BCUT2D eigenvalue weighted by atomic mass is 9.96. The first kappa shape index (κ1) is 48.2. The van der Waals surface area contributed by atoms with Gasteiger partial charge < -0.3 is 51.8 Å². The monoisotopic (exact) mass is 897 g/mol. The van der Waals surface area contributed by atoms with Crippen LogP contribution < -0.4 is 31.9 Å². The fourth-order valence-electron chi connectivity index (χ4n) is 8.93. The number of fused-ring (bicyclic) bond motifs is 3. The van der Waals surface area contributed by atoms with E-state index in [1.54, 1.807) is 51.2 Å². The summed E-state index contributed by atoms with van der Waals surface area (Å²) in [5.74, 6) is -6.20. The molecule has 18 nitrogen and oxygen atoms in total. The molecule has 6 rings (SSSR count). The number of nitrogens with one attached hydrogen (secondary N) is 7. The fourth-order valence-corrected chi connectivity index (χ4v) is 8.93. The van der Waals surface area contributed by atoms with E-state index in [0.717, 1.165) is 16.5 Å². The molecular formula is C47H63N9O9. The number of nitrogens with zero attached hydrogens (tertiary/aromatic N) is 2. The Balaban J connectivity index is 1.36. The molecule has 9 atom stereocenters. The van der Waals surface area contributed by atoms with Crippen LogP contribution in [0.4, 0.5) is 0 Å². The lowest BCUT2D eigenvalue weighted by Gasteiger charge is -2.33. The van der Waals surface area contributed by atoms with E-state index in [4.69, 9.17) is 0 Å². The van der Waals surface area contributed by atoms with Crippen LogP contribution in [0.15, 0.2) is 60.8 Å². The van der Waals surface area contributed by atoms with Gasteiger partial charge in [-0.15, -0.1) is 0 Å². The lowest BCUT2D eigenvalue weighted by molar-refractivity contribution is -0.145. The molecule has 65 heavy (non-hydrogen) atoms. The Morgan fingerprint density at radius 2 is 1.22 bits per heavy atom. The molecule has 8 amide bonds. The molecule has 350 valence electrons. The molecule has 18 heteroatoms. The van der Waals surface area contributed by atoms with Crippen LogP contribution in [0, 0.1) is 11.8 Å². The number of para-hydroxylation sites is 1. The van der Waals surface area contributed by atoms with Gasteiger partial charge in [0, 0.05) is 43.0 Å². The van der Waals surface area contributed by atoms with Gasteiger partial charge in [-0.3, -0.25) is 38.4 Å². The van der Waals surface area contributed by atoms with Crippen LogP contribution in [0.5, 0.6) is 0 Å². The molecule has 9 unspecified atom stereocenters. The Morgan fingerprint density at radius 3 is 1.85 bits per heavy atom. The van der Waals surface area contributed by atoms with Crippen LogP contribution in [0.2, 0.25) is 0 Å². The number of benzene rings is 2. The number of carbonyl (C=O) groups is 8. The van der Waals surface area contributed by atoms with Crippen molar-refractivity contribution in [2.75, 3.05) is 19.6 Å². The quantitative estimate of drug-likeness (QED) is 0.157. The van der Waals surface area contributed by atoms with Crippen LogP contribution in [0.1, 0.15) is 77.8 Å². The van der Waals surface area contributed by atoms with Crippen LogP contribution >= 0.6 is 0 Å². The maximum Gasteiger partial charge on any atom is 0.248 e. The predicted molar refractivity (Wildman–Crippen MR) is 240 cm³/mol. The SMILES string of the molecule is CCC(C)C1NC(=O)C2CCCN2C(=O)C(C(C)O)NC(=O)C(C(C)C)NC(=O)C2CCCN2C(=O)C(Cc2ccccc2)NC(=O)CNC(=O)C(Cc2c[nH]c3ccccc23)NC1=O.